The molecule has 9 aromatic carbocycles. The molecule has 9 heteroatoms. The van der Waals surface area contributed by atoms with Gasteiger partial charge in [-0.3, -0.25) is 4.79 Å². The summed E-state index contributed by atoms with van der Waals surface area (Å²) < 4.78 is 19.7. The largest absolute Gasteiger partial charge is 0.509 e. The number of hydrogen-bond acceptors (Lipinski definition) is 6. The number of aromatic nitrogens is 3. The fourth-order valence-corrected chi connectivity index (χ4v) is 10.9. The predicted octanol–water partition coefficient (Wildman–Crippen LogP) is 17.5. The SMILES string of the molecule is CC(=O)/C(Oc1c(-c2ccccc2)cc(Oc2c(-c3ccccc3)cccc2-n2c3ccccc3c3ccccc32)cc1-n1c2ccccc2c2ccccc21)=C(/C)O.[Ir].[c-]1c(-c2ccccn2)sc2ccccc12. The number of fused-ring (bicyclic) bond motifs is 7. The van der Waals surface area contributed by atoms with Crippen molar-refractivity contribution in [2.24, 2.45) is 0 Å². The Labute approximate surface area is 451 Å². The Morgan fingerprint density at radius 1 is 0.520 bits per heavy atom. The van der Waals surface area contributed by atoms with Crippen LogP contribution in [0.2, 0.25) is 0 Å². The number of rotatable bonds is 10. The Balaban J connectivity index is 0.000000321. The number of Topliss-reactive ketones (excluding diaryl/α,β-unsaturated/α-hetero) is 1. The van der Waals surface area contributed by atoms with Crippen LogP contribution in [0.3, 0.4) is 0 Å². The summed E-state index contributed by atoms with van der Waals surface area (Å²) >= 11 is 1.73. The maximum absolute atomic E-state index is 13.1. The number of benzene rings is 9. The van der Waals surface area contributed by atoms with E-state index < -0.39 is 5.78 Å². The smallest absolute Gasteiger partial charge is 0.207 e. The molecule has 4 aromatic heterocycles. The van der Waals surface area contributed by atoms with Gasteiger partial charge in [0.1, 0.15) is 11.5 Å². The van der Waals surface area contributed by atoms with E-state index in [4.69, 9.17) is 9.47 Å². The van der Waals surface area contributed by atoms with Crippen molar-refractivity contribution in [1.82, 2.24) is 14.1 Å². The standard InChI is InChI=1S/C53H38N2O4.C13H8NS.Ir/c1-34(56)51(35(2)57)59-53-44(37-20-7-4-8-21-37)32-38(33-50(53)55-47-29-15-11-24-42(47)43-25-12-16-30-48(43)55)58-52-39(36-18-5-3-6-19-36)26-17-31-49(52)54-45-27-13-9-22-40(45)41-23-10-14-28-46(41)54;1-2-7-12-10(5-1)9-13(15-12)11-6-3-4-8-14-11;/h3-33,56H,1-2H3;1-8H;/q;-1;/b51-34+;;. The number of para-hydroxylation sites is 5. The minimum absolute atomic E-state index is 0. The van der Waals surface area contributed by atoms with Gasteiger partial charge < -0.3 is 28.7 Å². The van der Waals surface area contributed by atoms with E-state index in [1.165, 1.54) is 23.9 Å². The number of pyridine rings is 1. The van der Waals surface area contributed by atoms with Crippen LogP contribution in [0.15, 0.2) is 248 Å². The van der Waals surface area contributed by atoms with E-state index >= 15 is 0 Å². The van der Waals surface area contributed by atoms with Crippen molar-refractivity contribution in [1.29, 1.82) is 0 Å². The molecule has 1 N–H and O–H groups in total. The molecule has 365 valence electrons. The molecule has 0 bridgehead atoms. The van der Waals surface area contributed by atoms with Gasteiger partial charge in [0, 0.05) is 77.7 Å². The number of carbonyl (C=O) groups excluding carboxylic acids is 1. The number of hydrogen-bond donors (Lipinski definition) is 1. The fraction of sp³-hybridized carbons (Fsp3) is 0.0303. The van der Waals surface area contributed by atoms with Crippen molar-refractivity contribution in [2.75, 3.05) is 0 Å². The molecular formula is C66H46IrN3O4S-. The second-order valence-corrected chi connectivity index (χ2v) is 18.9. The number of aliphatic hydroxyl groups excluding tert-OH is 1. The zero-order valence-corrected chi connectivity index (χ0v) is 44.0. The van der Waals surface area contributed by atoms with Crippen LogP contribution in [0.5, 0.6) is 17.2 Å². The van der Waals surface area contributed by atoms with Crippen LogP contribution in [0, 0.1) is 6.07 Å². The Morgan fingerprint density at radius 3 is 1.56 bits per heavy atom. The molecule has 0 saturated heterocycles. The normalized spacial score (nSPS) is 11.5. The number of nitrogens with zero attached hydrogens (tertiary/aromatic N) is 3. The summed E-state index contributed by atoms with van der Waals surface area (Å²) in [5.74, 6) is 0.866. The number of ketones is 1. The van der Waals surface area contributed by atoms with Crippen molar-refractivity contribution >= 4 is 70.8 Å². The molecule has 13 aromatic rings. The van der Waals surface area contributed by atoms with Gasteiger partial charge in [-0.2, -0.15) is 0 Å². The summed E-state index contributed by atoms with van der Waals surface area (Å²) in [5, 5.41) is 16.4. The Hall–Kier alpha value is -8.85. The van der Waals surface area contributed by atoms with Crippen LogP contribution in [0.25, 0.3) is 97.9 Å². The topological polar surface area (TPSA) is 78.5 Å². The molecule has 0 saturated carbocycles. The molecule has 1 radical (unpaired) electrons. The summed E-state index contributed by atoms with van der Waals surface area (Å²) in [6.07, 6.45) is 1.81. The number of allylic oxidation sites excluding steroid dienone is 2. The van der Waals surface area contributed by atoms with Crippen molar-refractivity contribution in [3.8, 4) is 61.4 Å². The molecule has 7 nitrogen and oxygen atoms in total. The summed E-state index contributed by atoms with van der Waals surface area (Å²) in [7, 11) is 0. The molecule has 0 atom stereocenters. The number of thiophene rings is 1. The van der Waals surface area contributed by atoms with Gasteiger partial charge in [0.15, 0.2) is 17.3 Å². The summed E-state index contributed by atoms with van der Waals surface area (Å²) in [6, 6.07) is 81.4. The second kappa shape index (κ2) is 20.9. The average Bonchev–Trinajstić information content (AvgIpc) is 4.14. The Bertz CT molecular complexity index is 4110. The third kappa shape index (κ3) is 9.19. The van der Waals surface area contributed by atoms with Gasteiger partial charge in [0.2, 0.25) is 5.76 Å². The summed E-state index contributed by atoms with van der Waals surface area (Å²) in [4.78, 5) is 18.5. The Morgan fingerprint density at radius 2 is 1.03 bits per heavy atom. The van der Waals surface area contributed by atoms with Gasteiger partial charge in [0.05, 0.1) is 33.4 Å². The van der Waals surface area contributed by atoms with E-state index in [9.17, 15) is 9.90 Å². The molecule has 0 fully saturated rings. The maximum atomic E-state index is 13.1. The van der Waals surface area contributed by atoms with Crippen molar-refractivity contribution in [3.05, 3.63) is 254 Å². The first-order valence-corrected chi connectivity index (χ1v) is 25.2. The van der Waals surface area contributed by atoms with Crippen LogP contribution in [0.4, 0.5) is 0 Å². The first kappa shape index (κ1) is 48.4. The molecule has 0 aliphatic heterocycles. The van der Waals surface area contributed by atoms with Crippen LogP contribution >= 0.6 is 11.3 Å². The van der Waals surface area contributed by atoms with Crippen LogP contribution < -0.4 is 9.47 Å². The van der Waals surface area contributed by atoms with Crippen molar-refractivity contribution in [2.45, 2.75) is 13.8 Å². The first-order chi connectivity index (χ1) is 36.4. The quantitative estimate of drug-likeness (QED) is 0.0839. The van der Waals surface area contributed by atoms with Gasteiger partial charge in [-0.05, 0) is 70.1 Å². The van der Waals surface area contributed by atoms with Crippen molar-refractivity contribution < 1.29 is 39.5 Å². The monoisotopic (exact) mass is 1170 g/mol. The molecule has 75 heavy (non-hydrogen) atoms. The van der Waals surface area contributed by atoms with Gasteiger partial charge in [-0.15, -0.1) is 23.6 Å². The predicted molar refractivity (Wildman–Crippen MR) is 303 cm³/mol. The van der Waals surface area contributed by atoms with E-state index in [1.807, 2.05) is 115 Å². The third-order valence-electron chi connectivity index (χ3n) is 13.2. The van der Waals surface area contributed by atoms with Gasteiger partial charge in [-0.1, -0.05) is 170 Å². The average molecular weight is 1170 g/mol. The molecule has 4 heterocycles. The van der Waals surface area contributed by atoms with E-state index in [0.717, 1.165) is 76.6 Å². The third-order valence-corrected chi connectivity index (χ3v) is 14.3. The molecular weight excluding hydrogens is 1120 g/mol. The summed E-state index contributed by atoms with van der Waals surface area (Å²) in [5.41, 5.74) is 9.96. The number of aliphatic hydroxyl groups is 1. The number of carbonyl (C=O) groups is 1. The molecule has 0 aliphatic rings. The van der Waals surface area contributed by atoms with Gasteiger partial charge in [-0.25, -0.2) is 11.3 Å². The summed E-state index contributed by atoms with van der Waals surface area (Å²) in [6.45, 7) is 2.86. The van der Waals surface area contributed by atoms with Crippen LogP contribution in [0.1, 0.15) is 13.8 Å². The van der Waals surface area contributed by atoms with Gasteiger partial charge in [0.25, 0.3) is 0 Å². The minimum Gasteiger partial charge on any atom is -0.509 e. The van der Waals surface area contributed by atoms with E-state index in [-0.39, 0.29) is 31.6 Å². The molecule has 0 amide bonds. The van der Waals surface area contributed by atoms with E-state index in [2.05, 4.69) is 142 Å². The zero-order valence-electron chi connectivity index (χ0n) is 40.8. The molecule has 0 aliphatic carbocycles. The molecule has 0 spiro atoms. The first-order valence-electron chi connectivity index (χ1n) is 24.4. The van der Waals surface area contributed by atoms with Crippen molar-refractivity contribution in [3.63, 3.8) is 0 Å². The second-order valence-electron chi connectivity index (χ2n) is 17.9. The Kier molecular flexibility index (Phi) is 13.5. The van der Waals surface area contributed by atoms with E-state index in [0.29, 0.717) is 28.5 Å². The van der Waals surface area contributed by atoms with E-state index in [1.54, 1.807) is 11.3 Å². The molecule has 0 unspecified atom stereocenters. The maximum Gasteiger partial charge on any atom is 0.207 e. The van der Waals surface area contributed by atoms with Crippen LogP contribution in [-0.4, -0.2) is 25.0 Å². The number of ether oxygens (including phenoxy) is 2. The van der Waals surface area contributed by atoms with Crippen LogP contribution in [-0.2, 0) is 24.9 Å². The van der Waals surface area contributed by atoms with Gasteiger partial charge >= 0.3 is 0 Å². The minimum atomic E-state index is -0.398. The fourth-order valence-electron chi connectivity index (χ4n) is 9.92. The zero-order chi connectivity index (χ0) is 50.1. The molecule has 13 rings (SSSR count).